The molecule has 1 aliphatic heterocycles. The van der Waals surface area contributed by atoms with Crippen LogP contribution in [-0.2, 0) is 12.4 Å². The molecule has 2 heterocycles. The molecular formula is C17H20ClN3. The number of alkyl halides is 1. The van der Waals surface area contributed by atoms with Gasteiger partial charge in [0.15, 0.2) is 0 Å². The first-order valence-electron chi connectivity index (χ1n) is 7.38. The zero-order valence-corrected chi connectivity index (χ0v) is 12.8. The predicted octanol–water partition coefficient (Wildman–Crippen LogP) is 3.14. The number of hydrogen-bond acceptors (Lipinski definition) is 3. The molecular weight excluding hydrogens is 282 g/mol. The van der Waals surface area contributed by atoms with E-state index >= 15 is 0 Å². The van der Waals surface area contributed by atoms with Gasteiger partial charge in [0, 0.05) is 32.7 Å². The molecule has 0 amide bonds. The van der Waals surface area contributed by atoms with Crippen molar-refractivity contribution in [2.24, 2.45) is 0 Å². The monoisotopic (exact) mass is 301 g/mol. The molecule has 4 heteroatoms. The number of anilines is 1. The highest BCUT2D eigenvalue weighted by molar-refractivity contribution is 6.16. The maximum absolute atomic E-state index is 5.86. The highest BCUT2D eigenvalue weighted by Crippen LogP contribution is 2.16. The van der Waals surface area contributed by atoms with Gasteiger partial charge in [0.05, 0.1) is 11.6 Å². The molecule has 0 N–H and O–H groups in total. The van der Waals surface area contributed by atoms with Crippen LogP contribution in [0.3, 0.4) is 0 Å². The van der Waals surface area contributed by atoms with Gasteiger partial charge in [-0.1, -0.05) is 36.4 Å². The van der Waals surface area contributed by atoms with E-state index in [0.717, 1.165) is 44.2 Å². The van der Waals surface area contributed by atoms with Gasteiger partial charge >= 0.3 is 0 Å². The van der Waals surface area contributed by atoms with Crippen LogP contribution in [0.5, 0.6) is 0 Å². The highest BCUT2D eigenvalue weighted by Gasteiger charge is 2.18. The Morgan fingerprint density at radius 1 is 0.905 bits per heavy atom. The smallest absolute Gasteiger partial charge is 0.128 e. The number of pyridine rings is 1. The van der Waals surface area contributed by atoms with Crippen LogP contribution in [0.15, 0.2) is 48.5 Å². The molecule has 0 aliphatic carbocycles. The molecule has 0 atom stereocenters. The normalized spacial score (nSPS) is 16.1. The molecule has 1 aromatic carbocycles. The molecule has 1 fully saturated rings. The Labute approximate surface area is 131 Å². The van der Waals surface area contributed by atoms with Crippen molar-refractivity contribution >= 4 is 17.4 Å². The summed E-state index contributed by atoms with van der Waals surface area (Å²) in [6, 6.07) is 16.7. The van der Waals surface area contributed by atoms with Gasteiger partial charge in [0.25, 0.3) is 0 Å². The first-order valence-corrected chi connectivity index (χ1v) is 7.92. The molecule has 0 bridgehead atoms. The van der Waals surface area contributed by atoms with Crippen molar-refractivity contribution in [2.45, 2.75) is 12.4 Å². The summed E-state index contributed by atoms with van der Waals surface area (Å²) >= 11 is 5.86. The fourth-order valence-corrected chi connectivity index (χ4v) is 2.84. The summed E-state index contributed by atoms with van der Waals surface area (Å²) in [4.78, 5) is 9.44. The summed E-state index contributed by atoms with van der Waals surface area (Å²) in [6.45, 7) is 5.21. The second-order valence-electron chi connectivity index (χ2n) is 5.37. The molecule has 0 spiro atoms. The zero-order chi connectivity index (χ0) is 14.5. The summed E-state index contributed by atoms with van der Waals surface area (Å²) in [6.07, 6.45) is 0. The van der Waals surface area contributed by atoms with Crippen LogP contribution in [0, 0.1) is 0 Å². The lowest BCUT2D eigenvalue weighted by atomic mass is 10.2. The number of rotatable bonds is 4. The maximum atomic E-state index is 5.86. The SMILES string of the molecule is ClCc1cccc(N2CCN(Cc3ccccc3)CC2)n1. The number of halogens is 1. The van der Waals surface area contributed by atoms with Crippen molar-refractivity contribution in [3.05, 3.63) is 59.8 Å². The standard InChI is InChI=1S/C17H20ClN3/c18-13-16-7-4-8-17(19-16)21-11-9-20(10-12-21)14-15-5-2-1-3-6-15/h1-8H,9-14H2. The van der Waals surface area contributed by atoms with E-state index in [4.69, 9.17) is 11.6 Å². The minimum absolute atomic E-state index is 0.474. The van der Waals surface area contributed by atoms with E-state index < -0.39 is 0 Å². The number of nitrogens with zero attached hydrogens (tertiary/aromatic N) is 3. The van der Waals surface area contributed by atoms with Crippen molar-refractivity contribution in [3.63, 3.8) is 0 Å². The molecule has 0 radical (unpaired) electrons. The van der Waals surface area contributed by atoms with Crippen molar-refractivity contribution in [3.8, 4) is 0 Å². The number of piperazine rings is 1. The third-order valence-corrected chi connectivity index (χ3v) is 4.15. The lowest BCUT2D eigenvalue weighted by Crippen LogP contribution is -2.46. The average molecular weight is 302 g/mol. The quantitative estimate of drug-likeness (QED) is 0.809. The van der Waals surface area contributed by atoms with Crippen LogP contribution in [0.4, 0.5) is 5.82 Å². The lowest BCUT2D eigenvalue weighted by Gasteiger charge is -2.35. The number of benzene rings is 1. The minimum atomic E-state index is 0.474. The van der Waals surface area contributed by atoms with Gasteiger partial charge in [-0.2, -0.15) is 0 Å². The zero-order valence-electron chi connectivity index (χ0n) is 12.1. The van der Waals surface area contributed by atoms with Crippen molar-refractivity contribution < 1.29 is 0 Å². The van der Waals surface area contributed by atoms with E-state index in [1.165, 1.54) is 5.56 Å². The van der Waals surface area contributed by atoms with Crippen molar-refractivity contribution in [1.82, 2.24) is 9.88 Å². The molecule has 0 saturated carbocycles. The Kier molecular flexibility index (Phi) is 4.73. The van der Waals surface area contributed by atoms with Crippen LogP contribution in [-0.4, -0.2) is 36.1 Å². The van der Waals surface area contributed by atoms with Gasteiger partial charge in [-0.3, -0.25) is 4.90 Å². The van der Waals surface area contributed by atoms with Crippen LogP contribution >= 0.6 is 11.6 Å². The topological polar surface area (TPSA) is 19.4 Å². The highest BCUT2D eigenvalue weighted by atomic mass is 35.5. The van der Waals surface area contributed by atoms with E-state index in [9.17, 15) is 0 Å². The molecule has 21 heavy (non-hydrogen) atoms. The molecule has 1 aliphatic rings. The fourth-order valence-electron chi connectivity index (χ4n) is 2.69. The van der Waals surface area contributed by atoms with Crippen molar-refractivity contribution in [2.75, 3.05) is 31.1 Å². The predicted molar refractivity (Wildman–Crippen MR) is 87.7 cm³/mol. The summed E-state index contributed by atoms with van der Waals surface area (Å²) in [5.74, 6) is 1.52. The van der Waals surface area contributed by atoms with Crippen LogP contribution < -0.4 is 4.90 Å². The molecule has 3 nitrogen and oxygen atoms in total. The lowest BCUT2D eigenvalue weighted by molar-refractivity contribution is 0.249. The summed E-state index contributed by atoms with van der Waals surface area (Å²) < 4.78 is 0. The Morgan fingerprint density at radius 2 is 1.67 bits per heavy atom. The summed E-state index contributed by atoms with van der Waals surface area (Å²) in [5.41, 5.74) is 2.33. The molecule has 1 saturated heterocycles. The molecule has 3 rings (SSSR count). The van der Waals surface area contributed by atoms with Gasteiger partial charge in [-0.15, -0.1) is 11.6 Å². The van der Waals surface area contributed by atoms with Crippen LogP contribution in [0.25, 0.3) is 0 Å². The Morgan fingerprint density at radius 3 is 2.38 bits per heavy atom. The van der Waals surface area contributed by atoms with Gasteiger partial charge < -0.3 is 4.90 Å². The molecule has 0 unspecified atom stereocenters. The van der Waals surface area contributed by atoms with E-state index in [0.29, 0.717) is 5.88 Å². The van der Waals surface area contributed by atoms with Gasteiger partial charge in [-0.05, 0) is 17.7 Å². The third kappa shape index (κ3) is 3.74. The first-order chi connectivity index (χ1) is 10.3. The Balaban J connectivity index is 1.57. The van der Waals surface area contributed by atoms with E-state index in [-0.39, 0.29) is 0 Å². The second kappa shape index (κ2) is 6.92. The third-order valence-electron chi connectivity index (χ3n) is 3.87. The average Bonchev–Trinajstić information content (AvgIpc) is 2.56. The van der Waals surface area contributed by atoms with Crippen LogP contribution in [0.2, 0.25) is 0 Å². The van der Waals surface area contributed by atoms with Crippen LogP contribution in [0.1, 0.15) is 11.3 Å². The molecule has 110 valence electrons. The van der Waals surface area contributed by atoms with E-state index in [1.807, 2.05) is 12.1 Å². The number of hydrogen-bond donors (Lipinski definition) is 0. The van der Waals surface area contributed by atoms with Gasteiger partial charge in [0.2, 0.25) is 0 Å². The Hall–Kier alpha value is -1.58. The summed E-state index contributed by atoms with van der Waals surface area (Å²) in [7, 11) is 0. The first kappa shape index (κ1) is 14.4. The Bertz CT molecular complexity index is 565. The maximum Gasteiger partial charge on any atom is 0.128 e. The molecule has 1 aromatic heterocycles. The minimum Gasteiger partial charge on any atom is -0.354 e. The molecule has 2 aromatic rings. The van der Waals surface area contributed by atoms with Crippen molar-refractivity contribution in [1.29, 1.82) is 0 Å². The summed E-state index contributed by atoms with van der Waals surface area (Å²) in [5, 5.41) is 0. The van der Waals surface area contributed by atoms with E-state index in [1.54, 1.807) is 0 Å². The number of aromatic nitrogens is 1. The van der Waals surface area contributed by atoms with E-state index in [2.05, 4.69) is 51.2 Å². The largest absolute Gasteiger partial charge is 0.354 e. The van der Waals surface area contributed by atoms with Gasteiger partial charge in [-0.25, -0.2) is 4.98 Å². The fraction of sp³-hybridized carbons (Fsp3) is 0.353. The second-order valence-corrected chi connectivity index (χ2v) is 5.64. The van der Waals surface area contributed by atoms with Gasteiger partial charge in [0.1, 0.15) is 5.82 Å².